The van der Waals surface area contributed by atoms with Gasteiger partial charge in [0.25, 0.3) is 11.5 Å². The second kappa shape index (κ2) is 9.38. The fourth-order valence-corrected chi connectivity index (χ4v) is 3.81. The average molecular weight is 488 g/mol. The number of hydrogen-bond donors (Lipinski definition) is 1. The molecule has 1 amide bonds. The molecule has 1 aliphatic rings. The number of nitrogens with one attached hydrogen (secondary N) is 1. The number of alkyl halides is 3. The molecule has 0 saturated carbocycles. The zero-order valence-electron chi connectivity index (χ0n) is 17.0. The summed E-state index contributed by atoms with van der Waals surface area (Å²) in [6.45, 7) is 1.83. The van der Waals surface area contributed by atoms with Gasteiger partial charge < -0.3 is 15.0 Å². The standard InChI is InChI=1S/C21H18Cl2F3N3O3/c1-12-7-13(3-4-17(12)19(30)27-5-6-28-31-2)18-11-20(32-29-18,21(24,25)26)14-8-15(22)10-16(23)9-14/h3-4,6-10H,5,11H2,1-2H3,(H,27,30). The minimum absolute atomic E-state index is 0.0509. The summed E-state index contributed by atoms with van der Waals surface area (Å²) in [7, 11) is 1.38. The van der Waals surface area contributed by atoms with E-state index in [-0.39, 0.29) is 33.8 Å². The van der Waals surface area contributed by atoms with Gasteiger partial charge in [0.05, 0.1) is 18.5 Å². The summed E-state index contributed by atoms with van der Waals surface area (Å²) in [5.41, 5.74) is -1.56. The maximum atomic E-state index is 14.1. The molecule has 1 atom stereocenters. The lowest BCUT2D eigenvalue weighted by atomic mass is 9.86. The van der Waals surface area contributed by atoms with Gasteiger partial charge in [0.1, 0.15) is 7.11 Å². The first kappa shape index (κ1) is 23.9. The Hall–Kier alpha value is -2.78. The fourth-order valence-electron chi connectivity index (χ4n) is 3.29. The van der Waals surface area contributed by atoms with Crippen LogP contribution in [0.25, 0.3) is 0 Å². The van der Waals surface area contributed by atoms with E-state index in [0.717, 1.165) is 12.1 Å². The Bertz CT molecular complexity index is 1070. The Labute approximate surface area is 192 Å². The van der Waals surface area contributed by atoms with Crippen molar-refractivity contribution in [2.45, 2.75) is 25.1 Å². The van der Waals surface area contributed by atoms with E-state index in [2.05, 4.69) is 20.5 Å². The van der Waals surface area contributed by atoms with Crippen LogP contribution >= 0.6 is 23.2 Å². The van der Waals surface area contributed by atoms with Gasteiger partial charge >= 0.3 is 6.18 Å². The maximum Gasteiger partial charge on any atom is 0.435 e. The Morgan fingerprint density at radius 3 is 2.56 bits per heavy atom. The lowest BCUT2D eigenvalue weighted by Crippen LogP contribution is -2.42. The average Bonchev–Trinajstić information content (AvgIpc) is 3.17. The number of benzene rings is 2. The van der Waals surface area contributed by atoms with E-state index in [1.54, 1.807) is 13.0 Å². The lowest BCUT2D eigenvalue weighted by molar-refractivity contribution is -0.275. The number of oxime groups is 2. The second-order valence-electron chi connectivity index (χ2n) is 7.00. The molecule has 3 rings (SSSR count). The number of carbonyl (C=O) groups is 1. The highest BCUT2D eigenvalue weighted by molar-refractivity contribution is 6.34. The highest BCUT2D eigenvalue weighted by Gasteiger charge is 2.62. The van der Waals surface area contributed by atoms with E-state index in [4.69, 9.17) is 28.0 Å². The maximum absolute atomic E-state index is 14.1. The van der Waals surface area contributed by atoms with Gasteiger partial charge in [-0.05, 0) is 48.4 Å². The zero-order chi connectivity index (χ0) is 23.5. The monoisotopic (exact) mass is 487 g/mol. The molecule has 0 spiro atoms. The molecule has 0 bridgehead atoms. The lowest BCUT2D eigenvalue weighted by Gasteiger charge is -2.29. The number of halogens is 5. The van der Waals surface area contributed by atoms with Crippen molar-refractivity contribution in [3.63, 3.8) is 0 Å². The van der Waals surface area contributed by atoms with Crippen molar-refractivity contribution in [1.82, 2.24) is 5.32 Å². The van der Waals surface area contributed by atoms with Crippen LogP contribution < -0.4 is 5.32 Å². The summed E-state index contributed by atoms with van der Waals surface area (Å²) >= 11 is 11.8. The van der Waals surface area contributed by atoms with E-state index in [1.807, 2.05) is 0 Å². The van der Waals surface area contributed by atoms with Gasteiger partial charge in [-0.3, -0.25) is 4.79 Å². The van der Waals surface area contributed by atoms with Gasteiger partial charge in [-0.1, -0.05) is 39.6 Å². The van der Waals surface area contributed by atoms with Crippen LogP contribution in [-0.4, -0.2) is 37.7 Å². The first-order chi connectivity index (χ1) is 15.1. The number of amides is 1. The van der Waals surface area contributed by atoms with Crippen molar-refractivity contribution in [2.75, 3.05) is 13.7 Å². The Kier molecular flexibility index (Phi) is 7.00. The van der Waals surface area contributed by atoms with E-state index in [0.29, 0.717) is 16.7 Å². The first-order valence-corrected chi connectivity index (χ1v) is 10.1. The van der Waals surface area contributed by atoms with Crippen LogP contribution in [0.4, 0.5) is 13.2 Å². The van der Waals surface area contributed by atoms with Gasteiger partial charge in [0, 0.05) is 27.6 Å². The van der Waals surface area contributed by atoms with E-state index < -0.39 is 18.2 Å². The quantitative estimate of drug-likeness (QED) is 0.446. The summed E-state index contributed by atoms with van der Waals surface area (Å²) in [5, 5.41) is 9.98. The third-order valence-electron chi connectivity index (χ3n) is 4.85. The van der Waals surface area contributed by atoms with E-state index in [1.165, 1.54) is 31.5 Å². The summed E-state index contributed by atoms with van der Waals surface area (Å²) in [6.07, 6.45) is -3.98. The predicted octanol–water partition coefficient (Wildman–Crippen LogP) is 5.25. The van der Waals surface area contributed by atoms with Gasteiger partial charge in [0.2, 0.25) is 0 Å². The van der Waals surface area contributed by atoms with E-state index >= 15 is 0 Å². The minimum atomic E-state index is -4.79. The summed E-state index contributed by atoms with van der Waals surface area (Å²) in [4.78, 5) is 21.8. The molecular formula is C21H18Cl2F3N3O3. The van der Waals surface area contributed by atoms with Gasteiger partial charge in [0.15, 0.2) is 0 Å². The topological polar surface area (TPSA) is 72.3 Å². The van der Waals surface area contributed by atoms with Crippen molar-refractivity contribution < 1.29 is 27.6 Å². The third kappa shape index (κ3) is 4.83. The van der Waals surface area contributed by atoms with Crippen molar-refractivity contribution in [3.05, 3.63) is 68.7 Å². The van der Waals surface area contributed by atoms with Crippen LogP contribution in [-0.2, 0) is 15.3 Å². The largest absolute Gasteiger partial charge is 0.435 e. The molecule has 2 aromatic carbocycles. The van der Waals surface area contributed by atoms with Crippen LogP contribution in [0.15, 0.2) is 46.7 Å². The van der Waals surface area contributed by atoms with Crippen molar-refractivity contribution in [3.8, 4) is 0 Å². The van der Waals surface area contributed by atoms with Gasteiger partial charge in [-0.2, -0.15) is 13.2 Å². The SMILES string of the molecule is CON=CCNC(=O)c1ccc(C2=NOC(c3cc(Cl)cc(Cl)c3)(C(F)(F)F)C2)cc1C. The summed E-state index contributed by atoms with van der Waals surface area (Å²) in [6, 6.07) is 8.26. The zero-order valence-corrected chi connectivity index (χ0v) is 18.5. The molecule has 1 unspecified atom stereocenters. The highest BCUT2D eigenvalue weighted by Crippen LogP contribution is 2.49. The molecule has 0 radical (unpaired) electrons. The number of aryl methyl sites for hydroxylation is 1. The van der Waals surface area contributed by atoms with E-state index in [9.17, 15) is 18.0 Å². The van der Waals surface area contributed by atoms with Crippen LogP contribution in [0.5, 0.6) is 0 Å². The second-order valence-corrected chi connectivity index (χ2v) is 7.87. The smallest absolute Gasteiger partial charge is 0.399 e. The fraction of sp³-hybridized carbons (Fsp3) is 0.286. The third-order valence-corrected chi connectivity index (χ3v) is 5.29. The number of rotatable bonds is 6. The summed E-state index contributed by atoms with van der Waals surface area (Å²) in [5.74, 6) is -0.362. The van der Waals surface area contributed by atoms with Crippen molar-refractivity contribution in [1.29, 1.82) is 0 Å². The molecular weight excluding hydrogens is 470 g/mol. The van der Waals surface area contributed by atoms with Crippen LogP contribution in [0.1, 0.15) is 33.5 Å². The molecule has 32 heavy (non-hydrogen) atoms. The van der Waals surface area contributed by atoms with Crippen LogP contribution in [0.2, 0.25) is 10.0 Å². The molecule has 6 nitrogen and oxygen atoms in total. The molecule has 0 fully saturated rings. The number of nitrogens with zero attached hydrogens (tertiary/aromatic N) is 2. The Morgan fingerprint density at radius 2 is 1.97 bits per heavy atom. The molecule has 0 aliphatic carbocycles. The van der Waals surface area contributed by atoms with Gasteiger partial charge in [-0.15, -0.1) is 0 Å². The Morgan fingerprint density at radius 1 is 1.28 bits per heavy atom. The Balaban J connectivity index is 1.86. The molecule has 170 valence electrons. The predicted molar refractivity (Wildman–Crippen MR) is 115 cm³/mol. The molecule has 1 heterocycles. The molecule has 11 heteroatoms. The highest BCUT2D eigenvalue weighted by atomic mass is 35.5. The molecule has 1 aliphatic heterocycles. The number of hydrogen-bond acceptors (Lipinski definition) is 5. The molecule has 2 aromatic rings. The molecule has 0 saturated heterocycles. The van der Waals surface area contributed by atoms with Crippen molar-refractivity contribution in [2.24, 2.45) is 10.3 Å². The van der Waals surface area contributed by atoms with Gasteiger partial charge in [-0.25, -0.2) is 0 Å². The minimum Gasteiger partial charge on any atom is -0.399 e. The molecule has 0 aromatic heterocycles. The van der Waals surface area contributed by atoms with Crippen LogP contribution in [0, 0.1) is 6.92 Å². The normalized spacial score (nSPS) is 18.4. The first-order valence-electron chi connectivity index (χ1n) is 9.30. The molecule has 1 N–H and O–H groups in total. The summed E-state index contributed by atoms with van der Waals surface area (Å²) < 4.78 is 42.4. The van der Waals surface area contributed by atoms with Crippen molar-refractivity contribution >= 4 is 41.0 Å². The van der Waals surface area contributed by atoms with Crippen LogP contribution in [0.3, 0.4) is 0 Å². The number of carbonyl (C=O) groups excluding carboxylic acids is 1.